The molecule has 7 aromatic rings. The van der Waals surface area contributed by atoms with Gasteiger partial charge in [-0.15, -0.1) is 11.3 Å². The Labute approximate surface area is 237 Å². The zero-order valence-corrected chi connectivity index (χ0v) is 23.5. The molecule has 0 aliphatic rings. The lowest BCUT2D eigenvalue weighted by atomic mass is 9.87. The number of hydrogen-bond donors (Lipinski definition) is 0. The van der Waals surface area contributed by atoms with Gasteiger partial charge in [-0.05, 0) is 64.2 Å². The largest absolute Gasteiger partial charge is 0.457 e. The maximum Gasteiger partial charge on any atom is 0.128 e. The number of benzene rings is 4. The van der Waals surface area contributed by atoms with E-state index < -0.39 is 0 Å². The number of nitrogens with zero attached hydrogens (tertiary/aromatic N) is 2. The van der Waals surface area contributed by atoms with Crippen LogP contribution in [0.1, 0.15) is 26.3 Å². The minimum absolute atomic E-state index is 0.0602. The second-order valence-electron chi connectivity index (χ2n) is 11.1. The van der Waals surface area contributed by atoms with E-state index in [9.17, 15) is 0 Å². The topological polar surface area (TPSA) is 35.0 Å². The van der Waals surface area contributed by atoms with Crippen LogP contribution >= 0.6 is 11.3 Å². The van der Waals surface area contributed by atoms with Crippen LogP contribution in [0.15, 0.2) is 116 Å². The number of rotatable bonds is 4. The Morgan fingerprint density at radius 3 is 2.15 bits per heavy atom. The van der Waals surface area contributed by atoms with Gasteiger partial charge < -0.3 is 4.74 Å². The van der Waals surface area contributed by atoms with Crippen LogP contribution < -0.4 is 4.74 Å². The van der Waals surface area contributed by atoms with Crippen molar-refractivity contribution in [2.45, 2.75) is 26.2 Å². The first-order valence-corrected chi connectivity index (χ1v) is 14.3. The molecular weight excluding hydrogens is 508 g/mol. The Hall–Kier alpha value is -4.54. The zero-order valence-electron chi connectivity index (χ0n) is 22.7. The average molecular weight is 537 g/mol. The van der Waals surface area contributed by atoms with Crippen LogP contribution in [0, 0.1) is 0 Å². The van der Waals surface area contributed by atoms with Gasteiger partial charge in [-0.25, -0.2) is 0 Å². The van der Waals surface area contributed by atoms with E-state index in [4.69, 9.17) is 9.72 Å². The molecule has 0 saturated heterocycles. The van der Waals surface area contributed by atoms with Crippen LogP contribution in [0.25, 0.3) is 53.5 Å². The number of hydrogen-bond acceptors (Lipinski definition) is 4. The molecule has 0 N–H and O–H groups in total. The highest BCUT2D eigenvalue weighted by Crippen LogP contribution is 2.42. The summed E-state index contributed by atoms with van der Waals surface area (Å²) in [7, 11) is 0. The predicted octanol–water partition coefficient (Wildman–Crippen LogP) is 10.4. The van der Waals surface area contributed by atoms with E-state index in [2.05, 4.69) is 105 Å². The van der Waals surface area contributed by atoms with E-state index >= 15 is 0 Å². The molecular formula is C36H28N2OS. The van der Waals surface area contributed by atoms with Gasteiger partial charge in [-0.3, -0.25) is 9.97 Å². The SMILES string of the molecule is CC(C)(C)c1ccnc(-c2cccc(Oc3cccc(-c4nccc5c4sc4c6ccccc6ccc54)c3)c2)c1. The third-order valence-electron chi connectivity index (χ3n) is 7.38. The van der Waals surface area contributed by atoms with Crippen molar-refractivity contribution < 1.29 is 4.74 Å². The number of aromatic nitrogens is 2. The van der Waals surface area contributed by atoms with Crippen molar-refractivity contribution in [3.05, 3.63) is 121 Å². The van der Waals surface area contributed by atoms with Crippen LogP contribution in [0.5, 0.6) is 11.5 Å². The van der Waals surface area contributed by atoms with Crippen LogP contribution in [0.3, 0.4) is 0 Å². The summed E-state index contributed by atoms with van der Waals surface area (Å²) in [6.07, 6.45) is 3.80. The maximum absolute atomic E-state index is 6.38. The lowest BCUT2D eigenvalue weighted by molar-refractivity contribution is 0.483. The molecule has 7 rings (SSSR count). The quantitative estimate of drug-likeness (QED) is 0.224. The van der Waals surface area contributed by atoms with Crippen molar-refractivity contribution in [1.82, 2.24) is 9.97 Å². The monoisotopic (exact) mass is 536 g/mol. The molecule has 3 aromatic heterocycles. The molecule has 3 heterocycles. The normalized spacial score (nSPS) is 11.9. The van der Waals surface area contributed by atoms with Gasteiger partial charge in [-0.2, -0.15) is 0 Å². The summed E-state index contributed by atoms with van der Waals surface area (Å²) in [5.41, 5.74) is 5.31. The minimum Gasteiger partial charge on any atom is -0.457 e. The smallest absolute Gasteiger partial charge is 0.128 e. The van der Waals surface area contributed by atoms with Gasteiger partial charge in [0.1, 0.15) is 11.5 Å². The van der Waals surface area contributed by atoms with E-state index in [1.54, 1.807) is 0 Å². The number of ether oxygens (including phenoxy) is 1. The molecule has 0 fully saturated rings. The molecule has 0 bridgehead atoms. The van der Waals surface area contributed by atoms with Gasteiger partial charge in [0.2, 0.25) is 0 Å². The molecule has 4 heteroatoms. The van der Waals surface area contributed by atoms with E-state index in [-0.39, 0.29) is 5.41 Å². The summed E-state index contributed by atoms with van der Waals surface area (Å²) in [5.74, 6) is 1.55. The van der Waals surface area contributed by atoms with Gasteiger partial charge in [-0.1, -0.05) is 81.4 Å². The minimum atomic E-state index is 0.0602. The number of fused-ring (bicyclic) bond motifs is 5. The highest BCUT2D eigenvalue weighted by molar-refractivity contribution is 7.27. The molecule has 0 atom stereocenters. The third-order valence-corrected chi connectivity index (χ3v) is 8.64. The Bertz CT molecular complexity index is 2030. The lowest BCUT2D eigenvalue weighted by Gasteiger charge is -2.19. The maximum atomic E-state index is 6.38. The fourth-order valence-corrected chi connectivity index (χ4v) is 6.60. The molecule has 0 unspecified atom stereocenters. The van der Waals surface area contributed by atoms with Crippen molar-refractivity contribution in [3.8, 4) is 34.0 Å². The van der Waals surface area contributed by atoms with Crippen molar-refractivity contribution >= 4 is 42.3 Å². The summed E-state index contributed by atoms with van der Waals surface area (Å²) in [6.45, 7) is 6.65. The van der Waals surface area contributed by atoms with Crippen LogP contribution in [-0.4, -0.2) is 9.97 Å². The second-order valence-corrected chi connectivity index (χ2v) is 12.2. The van der Waals surface area contributed by atoms with E-state index in [0.29, 0.717) is 0 Å². The first-order valence-electron chi connectivity index (χ1n) is 13.5. The summed E-state index contributed by atoms with van der Waals surface area (Å²) in [6, 6.07) is 35.8. The van der Waals surface area contributed by atoms with Crippen molar-refractivity contribution in [2.75, 3.05) is 0 Å². The predicted molar refractivity (Wildman–Crippen MR) is 169 cm³/mol. The third kappa shape index (κ3) is 4.41. The van der Waals surface area contributed by atoms with Gasteiger partial charge in [0.05, 0.1) is 16.1 Å². The molecule has 3 nitrogen and oxygen atoms in total. The molecule has 0 amide bonds. The standard InChI is InChI=1S/C36H28N2OS/c1-36(2,3)26-16-18-37-32(22-26)24-9-6-11-27(20-24)39-28-12-7-10-25(21-28)33-35-31(17-19-38-33)30-15-14-23-8-4-5-13-29(23)34(30)40-35/h4-22H,1-3H3. The first-order chi connectivity index (χ1) is 19.4. The van der Waals surface area contributed by atoms with Gasteiger partial charge in [0.15, 0.2) is 0 Å². The fraction of sp³-hybridized carbons (Fsp3) is 0.111. The van der Waals surface area contributed by atoms with Crippen LogP contribution in [0.2, 0.25) is 0 Å². The molecule has 0 spiro atoms. The second kappa shape index (κ2) is 9.58. The molecule has 4 aromatic carbocycles. The molecule has 0 aliphatic heterocycles. The molecule has 0 saturated carbocycles. The molecule has 0 aliphatic carbocycles. The molecule has 40 heavy (non-hydrogen) atoms. The molecule has 0 radical (unpaired) electrons. The average Bonchev–Trinajstić information content (AvgIpc) is 3.37. The Kier molecular flexibility index (Phi) is 5.87. The highest BCUT2D eigenvalue weighted by atomic mass is 32.1. The lowest BCUT2D eigenvalue weighted by Crippen LogP contribution is -2.11. The Morgan fingerprint density at radius 2 is 1.32 bits per heavy atom. The van der Waals surface area contributed by atoms with E-state index in [1.165, 1.54) is 36.5 Å². The Morgan fingerprint density at radius 1 is 0.600 bits per heavy atom. The van der Waals surface area contributed by atoms with Gasteiger partial charge in [0.25, 0.3) is 0 Å². The summed E-state index contributed by atoms with van der Waals surface area (Å²) < 4.78 is 8.87. The van der Waals surface area contributed by atoms with E-state index in [0.717, 1.165) is 34.0 Å². The van der Waals surface area contributed by atoms with E-state index in [1.807, 2.05) is 48.0 Å². The summed E-state index contributed by atoms with van der Waals surface area (Å²) in [5, 5.41) is 5.05. The zero-order chi connectivity index (χ0) is 27.3. The van der Waals surface area contributed by atoms with Crippen molar-refractivity contribution in [2.24, 2.45) is 0 Å². The number of pyridine rings is 2. The fourth-order valence-electron chi connectivity index (χ4n) is 5.25. The number of thiophene rings is 1. The summed E-state index contributed by atoms with van der Waals surface area (Å²) in [4.78, 5) is 9.46. The first kappa shape index (κ1) is 24.5. The highest BCUT2D eigenvalue weighted by Gasteiger charge is 2.16. The van der Waals surface area contributed by atoms with Gasteiger partial charge in [0, 0.05) is 39.0 Å². The van der Waals surface area contributed by atoms with Crippen molar-refractivity contribution in [1.29, 1.82) is 0 Å². The molecule has 194 valence electrons. The van der Waals surface area contributed by atoms with Crippen LogP contribution in [0.4, 0.5) is 0 Å². The van der Waals surface area contributed by atoms with Gasteiger partial charge >= 0.3 is 0 Å². The van der Waals surface area contributed by atoms with Crippen LogP contribution in [-0.2, 0) is 5.41 Å². The van der Waals surface area contributed by atoms with Crippen molar-refractivity contribution in [3.63, 3.8) is 0 Å². The Balaban J connectivity index is 1.25. The summed E-state index contributed by atoms with van der Waals surface area (Å²) >= 11 is 1.81.